The molecule has 0 fully saturated rings. The van der Waals surface area contributed by atoms with Gasteiger partial charge in [0, 0.05) is 6.20 Å². The molecular weight excluding hydrogens is 220 g/mol. The standard InChI is InChI=1S/C6H5F2NO4S/c7-6(8)13-5-4(14(10,11)12)2-1-3-9-5/h1-3,6H,(H,10,11,12). The third-order valence-electron chi connectivity index (χ3n) is 1.21. The Morgan fingerprint density at radius 3 is 2.64 bits per heavy atom. The van der Waals surface area contributed by atoms with Gasteiger partial charge in [0.2, 0.25) is 5.88 Å². The molecular formula is C6H5F2NO4S. The van der Waals surface area contributed by atoms with E-state index in [1.807, 2.05) is 0 Å². The van der Waals surface area contributed by atoms with Crippen molar-refractivity contribution in [2.24, 2.45) is 0 Å². The lowest BCUT2D eigenvalue weighted by Crippen LogP contribution is -2.09. The van der Waals surface area contributed by atoms with Crippen molar-refractivity contribution in [3.8, 4) is 5.88 Å². The molecule has 0 amide bonds. The van der Waals surface area contributed by atoms with E-state index in [4.69, 9.17) is 4.55 Å². The van der Waals surface area contributed by atoms with E-state index in [-0.39, 0.29) is 0 Å². The minimum absolute atomic E-state index is 0.791. The van der Waals surface area contributed by atoms with Gasteiger partial charge in [-0.1, -0.05) is 0 Å². The molecule has 8 heteroatoms. The van der Waals surface area contributed by atoms with Gasteiger partial charge < -0.3 is 4.74 Å². The molecule has 14 heavy (non-hydrogen) atoms. The smallest absolute Gasteiger partial charge is 0.388 e. The molecule has 0 aliphatic heterocycles. The Hall–Kier alpha value is -1.28. The minimum atomic E-state index is -4.60. The molecule has 0 aromatic carbocycles. The first kappa shape index (κ1) is 10.8. The SMILES string of the molecule is O=S(=O)(O)c1cccnc1OC(F)F. The lowest BCUT2D eigenvalue weighted by Gasteiger charge is -2.05. The first-order valence-corrected chi connectivity index (χ1v) is 4.72. The Labute approximate surface area is 78.1 Å². The Morgan fingerprint density at radius 1 is 1.50 bits per heavy atom. The van der Waals surface area contributed by atoms with Crippen LogP contribution in [0.5, 0.6) is 5.88 Å². The Kier molecular flexibility index (Phi) is 2.96. The van der Waals surface area contributed by atoms with Crippen LogP contribution in [0.4, 0.5) is 8.78 Å². The summed E-state index contributed by atoms with van der Waals surface area (Å²) < 4.78 is 57.1. The van der Waals surface area contributed by atoms with Crippen LogP contribution >= 0.6 is 0 Å². The molecule has 0 saturated heterocycles. The van der Waals surface area contributed by atoms with Crippen molar-refractivity contribution in [3.63, 3.8) is 0 Å². The average Bonchev–Trinajstić information content (AvgIpc) is 2.01. The maximum absolute atomic E-state index is 11.8. The van der Waals surface area contributed by atoms with Crippen molar-refractivity contribution < 1.29 is 26.5 Å². The summed E-state index contributed by atoms with van der Waals surface area (Å²) in [7, 11) is -4.60. The van der Waals surface area contributed by atoms with E-state index in [0.717, 1.165) is 12.3 Å². The maximum atomic E-state index is 11.8. The van der Waals surface area contributed by atoms with E-state index >= 15 is 0 Å². The molecule has 1 N–H and O–H groups in total. The Morgan fingerprint density at radius 2 is 2.14 bits per heavy atom. The number of halogens is 2. The number of pyridine rings is 1. The molecule has 78 valence electrons. The largest absolute Gasteiger partial charge is 0.415 e. The predicted octanol–water partition coefficient (Wildman–Crippen LogP) is 0.930. The van der Waals surface area contributed by atoms with E-state index in [2.05, 4.69) is 9.72 Å². The fourth-order valence-electron chi connectivity index (χ4n) is 0.745. The average molecular weight is 225 g/mol. The Balaban J connectivity index is 3.17. The second kappa shape index (κ2) is 3.84. The van der Waals surface area contributed by atoms with Crippen molar-refractivity contribution in [1.82, 2.24) is 4.98 Å². The second-order valence-electron chi connectivity index (χ2n) is 2.16. The summed E-state index contributed by atoms with van der Waals surface area (Å²) in [5.74, 6) is -0.829. The molecule has 1 aromatic rings. The van der Waals surface area contributed by atoms with Gasteiger partial charge in [0.15, 0.2) is 4.90 Å². The summed E-state index contributed by atoms with van der Waals surface area (Å²) in [5, 5.41) is 0. The molecule has 0 radical (unpaired) electrons. The zero-order valence-corrected chi connectivity index (χ0v) is 7.41. The predicted molar refractivity (Wildman–Crippen MR) is 40.7 cm³/mol. The number of ether oxygens (including phenoxy) is 1. The third-order valence-corrected chi connectivity index (χ3v) is 2.08. The van der Waals surface area contributed by atoms with Crippen LogP contribution in [0.25, 0.3) is 0 Å². The van der Waals surface area contributed by atoms with Gasteiger partial charge in [-0.05, 0) is 12.1 Å². The van der Waals surface area contributed by atoms with E-state index in [0.29, 0.717) is 0 Å². The molecule has 1 heterocycles. The van der Waals surface area contributed by atoms with E-state index in [1.165, 1.54) is 6.07 Å². The maximum Gasteiger partial charge on any atom is 0.388 e. The van der Waals surface area contributed by atoms with Crippen LogP contribution in [0.3, 0.4) is 0 Å². The number of hydrogen-bond donors (Lipinski definition) is 1. The summed E-state index contributed by atoms with van der Waals surface area (Å²) in [4.78, 5) is 2.45. The molecule has 0 saturated carbocycles. The summed E-state index contributed by atoms with van der Waals surface area (Å²) in [6.07, 6.45) is 1.06. The molecule has 1 aromatic heterocycles. The number of nitrogens with zero attached hydrogens (tertiary/aromatic N) is 1. The molecule has 0 bridgehead atoms. The summed E-state index contributed by atoms with van der Waals surface area (Å²) in [6.45, 7) is -3.20. The first-order chi connectivity index (χ1) is 6.41. The van der Waals surface area contributed by atoms with Crippen LogP contribution in [0.2, 0.25) is 0 Å². The van der Waals surface area contributed by atoms with Gasteiger partial charge in [-0.25, -0.2) is 4.98 Å². The zero-order valence-electron chi connectivity index (χ0n) is 6.59. The number of hydrogen-bond acceptors (Lipinski definition) is 4. The fourth-order valence-corrected chi connectivity index (χ4v) is 1.32. The minimum Gasteiger partial charge on any atom is -0.415 e. The van der Waals surface area contributed by atoms with Crippen molar-refractivity contribution in [2.45, 2.75) is 11.5 Å². The fraction of sp³-hybridized carbons (Fsp3) is 0.167. The van der Waals surface area contributed by atoms with Crippen molar-refractivity contribution >= 4 is 10.1 Å². The van der Waals surface area contributed by atoms with Crippen LogP contribution < -0.4 is 4.74 Å². The summed E-state index contributed by atoms with van der Waals surface area (Å²) in [6, 6.07) is 2.07. The van der Waals surface area contributed by atoms with E-state index in [9.17, 15) is 17.2 Å². The molecule has 0 aliphatic carbocycles. The molecule has 0 unspecified atom stereocenters. The molecule has 1 rings (SSSR count). The van der Waals surface area contributed by atoms with Crippen LogP contribution in [0.15, 0.2) is 23.2 Å². The van der Waals surface area contributed by atoms with Crippen molar-refractivity contribution in [2.75, 3.05) is 0 Å². The highest BCUT2D eigenvalue weighted by Crippen LogP contribution is 2.21. The summed E-state index contributed by atoms with van der Waals surface area (Å²) >= 11 is 0. The Bertz CT molecular complexity index is 420. The number of aromatic nitrogens is 1. The van der Waals surface area contributed by atoms with Crippen LogP contribution in [0, 0.1) is 0 Å². The normalized spacial score (nSPS) is 11.7. The van der Waals surface area contributed by atoms with Crippen molar-refractivity contribution in [1.29, 1.82) is 0 Å². The van der Waals surface area contributed by atoms with Gasteiger partial charge in [-0.2, -0.15) is 17.2 Å². The topological polar surface area (TPSA) is 76.5 Å². The molecule has 0 aliphatic rings. The van der Waals surface area contributed by atoms with Gasteiger partial charge in [-0.15, -0.1) is 0 Å². The van der Waals surface area contributed by atoms with Gasteiger partial charge in [0.05, 0.1) is 0 Å². The second-order valence-corrected chi connectivity index (χ2v) is 3.55. The van der Waals surface area contributed by atoms with Crippen LogP contribution in [0.1, 0.15) is 0 Å². The molecule has 0 spiro atoms. The highest BCUT2D eigenvalue weighted by molar-refractivity contribution is 7.86. The van der Waals surface area contributed by atoms with Gasteiger partial charge in [0.25, 0.3) is 10.1 Å². The zero-order chi connectivity index (χ0) is 10.8. The quantitative estimate of drug-likeness (QED) is 0.774. The van der Waals surface area contributed by atoms with Gasteiger partial charge in [-0.3, -0.25) is 4.55 Å². The monoisotopic (exact) mass is 225 g/mol. The van der Waals surface area contributed by atoms with Crippen LogP contribution in [-0.4, -0.2) is 24.6 Å². The van der Waals surface area contributed by atoms with E-state index < -0.39 is 27.5 Å². The van der Waals surface area contributed by atoms with Gasteiger partial charge >= 0.3 is 6.61 Å². The third kappa shape index (κ3) is 2.60. The lowest BCUT2D eigenvalue weighted by molar-refractivity contribution is -0.0549. The van der Waals surface area contributed by atoms with Crippen LogP contribution in [-0.2, 0) is 10.1 Å². The molecule has 0 atom stereocenters. The highest BCUT2D eigenvalue weighted by atomic mass is 32.2. The van der Waals surface area contributed by atoms with Crippen molar-refractivity contribution in [3.05, 3.63) is 18.3 Å². The molecule has 5 nitrogen and oxygen atoms in total. The lowest BCUT2D eigenvalue weighted by atomic mass is 10.5. The number of rotatable bonds is 3. The number of alkyl halides is 2. The summed E-state index contributed by atoms with van der Waals surface area (Å²) in [5.41, 5.74) is 0. The first-order valence-electron chi connectivity index (χ1n) is 3.28. The van der Waals surface area contributed by atoms with Gasteiger partial charge in [0.1, 0.15) is 0 Å². The highest BCUT2D eigenvalue weighted by Gasteiger charge is 2.19. The van der Waals surface area contributed by atoms with E-state index in [1.54, 1.807) is 0 Å².